The van der Waals surface area contributed by atoms with Crippen LogP contribution in [0.15, 0.2) is 54.1 Å². The second-order valence-corrected chi connectivity index (χ2v) is 7.73. The minimum atomic E-state index is -0.757. The van der Waals surface area contributed by atoms with E-state index in [1.807, 2.05) is 0 Å². The van der Waals surface area contributed by atoms with Gasteiger partial charge in [-0.2, -0.15) is 0 Å². The maximum Gasteiger partial charge on any atom is 0.295 e. The number of nitrogens with zero attached hydrogens (tertiary/aromatic N) is 2. The number of Topliss-reactive ketones (excluding diaryl/α,β-unsaturated/α-hetero) is 1. The highest BCUT2D eigenvalue weighted by molar-refractivity contribution is 6.46. The van der Waals surface area contributed by atoms with E-state index in [4.69, 9.17) is 9.47 Å². The monoisotopic (exact) mass is 440 g/mol. The van der Waals surface area contributed by atoms with Crippen LogP contribution in [0.1, 0.15) is 17.2 Å². The number of amides is 1. The molecule has 32 heavy (non-hydrogen) atoms. The van der Waals surface area contributed by atoms with Crippen molar-refractivity contribution in [2.45, 2.75) is 6.04 Å². The van der Waals surface area contributed by atoms with Gasteiger partial charge in [-0.15, -0.1) is 0 Å². The van der Waals surface area contributed by atoms with Gasteiger partial charge in [0.05, 0.1) is 31.9 Å². The van der Waals surface area contributed by atoms with Crippen LogP contribution in [0.4, 0.5) is 4.39 Å². The molecule has 0 radical (unpaired) electrons. The molecule has 0 aromatic heterocycles. The SMILES string of the molecule is COc1ccc(C2C(=C(O)c3ccc(F)cc3)C(=O)C(=O)N2CCN2CCOCC2)cc1. The van der Waals surface area contributed by atoms with Crippen molar-refractivity contribution >= 4 is 17.4 Å². The standard InChI is InChI=1S/C24H25FN2O5/c1-31-19-8-4-16(5-9-19)21-20(22(28)17-2-6-18(25)7-3-17)23(29)24(30)27(21)11-10-26-12-14-32-15-13-26/h2-9,21,28H,10-15H2,1H3. The number of carbonyl (C=O) groups is 2. The quantitative estimate of drug-likeness (QED) is 0.423. The number of halogens is 1. The lowest BCUT2D eigenvalue weighted by molar-refractivity contribution is -0.140. The van der Waals surface area contributed by atoms with Crippen molar-refractivity contribution in [2.75, 3.05) is 46.5 Å². The zero-order chi connectivity index (χ0) is 22.7. The van der Waals surface area contributed by atoms with Gasteiger partial charge in [-0.25, -0.2) is 4.39 Å². The van der Waals surface area contributed by atoms with Crippen LogP contribution in [0.2, 0.25) is 0 Å². The minimum absolute atomic E-state index is 0.00578. The topological polar surface area (TPSA) is 79.3 Å². The molecule has 2 aliphatic heterocycles. The molecule has 1 amide bonds. The van der Waals surface area contributed by atoms with E-state index in [1.54, 1.807) is 31.4 Å². The second-order valence-electron chi connectivity index (χ2n) is 7.73. The summed E-state index contributed by atoms with van der Waals surface area (Å²) >= 11 is 0. The van der Waals surface area contributed by atoms with Crippen molar-refractivity contribution in [1.29, 1.82) is 0 Å². The van der Waals surface area contributed by atoms with Crippen LogP contribution >= 0.6 is 0 Å². The van der Waals surface area contributed by atoms with Crippen LogP contribution in [0.3, 0.4) is 0 Å². The van der Waals surface area contributed by atoms with Gasteiger partial charge in [0.25, 0.3) is 11.7 Å². The molecule has 0 saturated carbocycles. The number of ether oxygens (including phenoxy) is 2. The number of ketones is 1. The summed E-state index contributed by atoms with van der Waals surface area (Å²) in [6.45, 7) is 3.68. The molecular formula is C24H25FN2O5. The molecule has 1 atom stereocenters. The normalized spacial score (nSPS) is 21.2. The first-order valence-electron chi connectivity index (χ1n) is 10.5. The molecule has 168 valence electrons. The second kappa shape index (κ2) is 9.50. The summed E-state index contributed by atoms with van der Waals surface area (Å²) in [4.78, 5) is 29.7. The Labute approximate surface area is 185 Å². The van der Waals surface area contributed by atoms with Gasteiger partial charge >= 0.3 is 0 Å². The number of carbonyl (C=O) groups excluding carboxylic acids is 2. The molecule has 0 bridgehead atoms. The molecule has 2 aromatic carbocycles. The zero-order valence-electron chi connectivity index (χ0n) is 17.8. The molecule has 0 aliphatic carbocycles. The Bertz CT molecular complexity index is 1010. The number of likely N-dealkylation sites (tertiary alicyclic amines) is 1. The van der Waals surface area contributed by atoms with E-state index in [9.17, 15) is 19.1 Å². The predicted octanol–water partition coefficient (Wildman–Crippen LogP) is 2.59. The minimum Gasteiger partial charge on any atom is -0.507 e. The van der Waals surface area contributed by atoms with Crippen LogP contribution in [0, 0.1) is 5.82 Å². The van der Waals surface area contributed by atoms with Gasteiger partial charge in [-0.1, -0.05) is 12.1 Å². The molecular weight excluding hydrogens is 415 g/mol. The van der Waals surface area contributed by atoms with Crippen LogP contribution in [-0.2, 0) is 14.3 Å². The maximum atomic E-state index is 13.4. The highest BCUT2D eigenvalue weighted by atomic mass is 19.1. The van der Waals surface area contributed by atoms with E-state index in [0.717, 1.165) is 13.1 Å². The third-order valence-electron chi connectivity index (χ3n) is 5.85. The highest BCUT2D eigenvalue weighted by Gasteiger charge is 2.46. The lowest BCUT2D eigenvalue weighted by atomic mass is 9.95. The fourth-order valence-corrected chi connectivity index (χ4v) is 4.08. The lowest BCUT2D eigenvalue weighted by Gasteiger charge is -2.31. The van der Waals surface area contributed by atoms with Crippen molar-refractivity contribution in [1.82, 2.24) is 9.80 Å². The average molecular weight is 440 g/mol. The number of hydrogen-bond acceptors (Lipinski definition) is 6. The van der Waals surface area contributed by atoms with Gasteiger partial charge in [0, 0.05) is 31.7 Å². The van der Waals surface area contributed by atoms with Gasteiger partial charge in [0.15, 0.2) is 0 Å². The maximum absolute atomic E-state index is 13.4. The summed E-state index contributed by atoms with van der Waals surface area (Å²) in [5.74, 6) is -1.56. The fourth-order valence-electron chi connectivity index (χ4n) is 4.08. The first-order chi connectivity index (χ1) is 15.5. The number of hydrogen-bond donors (Lipinski definition) is 1. The molecule has 2 aliphatic rings. The Morgan fingerprint density at radius 1 is 1.06 bits per heavy atom. The number of aliphatic hydroxyl groups is 1. The number of benzene rings is 2. The Balaban J connectivity index is 1.72. The zero-order valence-corrected chi connectivity index (χ0v) is 17.8. The summed E-state index contributed by atoms with van der Waals surface area (Å²) in [6, 6.07) is 11.5. The van der Waals surface area contributed by atoms with Gasteiger partial charge < -0.3 is 19.5 Å². The van der Waals surface area contributed by atoms with Crippen molar-refractivity contribution in [2.24, 2.45) is 0 Å². The third kappa shape index (κ3) is 4.37. The van der Waals surface area contributed by atoms with E-state index < -0.39 is 23.5 Å². The number of rotatable bonds is 6. The summed E-state index contributed by atoms with van der Waals surface area (Å²) in [5, 5.41) is 11.0. The van der Waals surface area contributed by atoms with E-state index in [-0.39, 0.29) is 16.9 Å². The molecule has 1 N–H and O–H groups in total. The molecule has 2 aromatic rings. The summed E-state index contributed by atoms with van der Waals surface area (Å²) in [6.07, 6.45) is 0. The first kappa shape index (κ1) is 22.0. The van der Waals surface area contributed by atoms with Crippen LogP contribution in [0.5, 0.6) is 5.75 Å². The number of morpholine rings is 1. The van der Waals surface area contributed by atoms with Crippen molar-refractivity contribution in [3.05, 3.63) is 71.0 Å². The van der Waals surface area contributed by atoms with Crippen molar-refractivity contribution in [3.8, 4) is 5.75 Å². The Hall–Kier alpha value is -3.23. The summed E-state index contributed by atoms with van der Waals surface area (Å²) in [5.41, 5.74) is 0.945. The van der Waals surface area contributed by atoms with Crippen LogP contribution in [-0.4, -0.2) is 73.1 Å². The molecule has 2 heterocycles. The third-order valence-corrected chi connectivity index (χ3v) is 5.85. The van der Waals surface area contributed by atoms with E-state index in [2.05, 4.69) is 4.90 Å². The van der Waals surface area contributed by atoms with Gasteiger partial charge in [0.1, 0.15) is 17.3 Å². The van der Waals surface area contributed by atoms with Crippen molar-refractivity contribution < 1.29 is 28.6 Å². The number of methoxy groups -OCH3 is 1. The largest absolute Gasteiger partial charge is 0.507 e. The molecule has 2 saturated heterocycles. The van der Waals surface area contributed by atoms with Gasteiger partial charge in [-0.05, 0) is 42.0 Å². The first-order valence-corrected chi connectivity index (χ1v) is 10.5. The molecule has 1 unspecified atom stereocenters. The molecule has 2 fully saturated rings. The van der Waals surface area contributed by atoms with Crippen LogP contribution < -0.4 is 4.74 Å². The van der Waals surface area contributed by atoms with Gasteiger partial charge in [0.2, 0.25) is 0 Å². The molecule has 4 rings (SSSR count). The van der Waals surface area contributed by atoms with Gasteiger partial charge in [-0.3, -0.25) is 14.5 Å². The lowest BCUT2D eigenvalue weighted by Crippen LogP contribution is -2.42. The predicted molar refractivity (Wildman–Crippen MR) is 116 cm³/mol. The summed E-state index contributed by atoms with van der Waals surface area (Å²) < 4.78 is 24.0. The van der Waals surface area contributed by atoms with E-state index in [1.165, 1.54) is 29.2 Å². The summed E-state index contributed by atoms with van der Waals surface area (Å²) in [7, 11) is 1.55. The van der Waals surface area contributed by atoms with Crippen molar-refractivity contribution in [3.63, 3.8) is 0 Å². The molecule has 7 nitrogen and oxygen atoms in total. The Kier molecular flexibility index (Phi) is 6.53. The van der Waals surface area contributed by atoms with Crippen LogP contribution in [0.25, 0.3) is 5.76 Å². The number of aliphatic hydroxyl groups excluding tert-OH is 1. The Morgan fingerprint density at radius 2 is 1.72 bits per heavy atom. The fraction of sp³-hybridized carbons (Fsp3) is 0.333. The van der Waals surface area contributed by atoms with E-state index >= 15 is 0 Å². The Morgan fingerprint density at radius 3 is 2.34 bits per heavy atom. The highest BCUT2D eigenvalue weighted by Crippen LogP contribution is 2.39. The smallest absolute Gasteiger partial charge is 0.295 e. The van der Waals surface area contributed by atoms with E-state index in [0.29, 0.717) is 37.6 Å². The molecule has 0 spiro atoms. The molecule has 8 heteroatoms. The average Bonchev–Trinajstić information content (AvgIpc) is 3.08.